The number of nitrogen functional groups attached to an aromatic ring is 2. The molecular formula is C18H16F6N2O3. The quantitative estimate of drug-likeness (QED) is 0.261. The highest BCUT2D eigenvalue weighted by atomic mass is 19.4. The van der Waals surface area contributed by atoms with Gasteiger partial charge in [-0.15, -0.1) is 0 Å². The summed E-state index contributed by atoms with van der Waals surface area (Å²) < 4.78 is 90.6. The number of phenolic OH excluding ortho intramolecular Hbond substituents is 2. The average molecular weight is 422 g/mol. The molecule has 0 radical (unpaired) electrons. The molecule has 1 saturated heterocycles. The summed E-state index contributed by atoms with van der Waals surface area (Å²) in [7, 11) is 0. The summed E-state index contributed by atoms with van der Waals surface area (Å²) in [6.45, 7) is 0.145. The number of epoxide rings is 1. The number of halogens is 6. The Balaban J connectivity index is 2.44. The van der Waals surface area contributed by atoms with Crippen LogP contribution in [-0.4, -0.2) is 35.3 Å². The topological polar surface area (TPSA) is 105 Å². The van der Waals surface area contributed by atoms with Crippen LogP contribution in [0.4, 0.5) is 37.7 Å². The molecular weight excluding hydrogens is 406 g/mol. The predicted octanol–water partition coefficient (Wildman–Crippen LogP) is 3.61. The highest BCUT2D eigenvalue weighted by Gasteiger charge is 2.73. The minimum absolute atomic E-state index is 0.145. The third kappa shape index (κ3) is 3.28. The van der Waals surface area contributed by atoms with Crippen molar-refractivity contribution >= 4 is 11.4 Å². The Morgan fingerprint density at radius 2 is 1.48 bits per heavy atom. The minimum Gasteiger partial charge on any atom is -0.506 e. The Kier molecular flexibility index (Phi) is 4.77. The fourth-order valence-corrected chi connectivity index (χ4v) is 3.37. The van der Waals surface area contributed by atoms with Gasteiger partial charge in [0.2, 0.25) is 5.41 Å². The third-order valence-corrected chi connectivity index (χ3v) is 4.88. The first kappa shape index (κ1) is 20.9. The van der Waals surface area contributed by atoms with Crippen molar-refractivity contribution < 1.29 is 41.3 Å². The fraction of sp³-hybridized carbons (Fsp3) is 0.333. The lowest BCUT2D eigenvalue weighted by Gasteiger charge is -2.40. The van der Waals surface area contributed by atoms with E-state index in [9.17, 15) is 36.6 Å². The Morgan fingerprint density at radius 1 is 0.931 bits per heavy atom. The number of phenols is 2. The Labute approximate surface area is 160 Å². The van der Waals surface area contributed by atoms with Crippen LogP contribution < -0.4 is 11.5 Å². The zero-order valence-electron chi connectivity index (χ0n) is 14.6. The van der Waals surface area contributed by atoms with Crippen LogP contribution >= 0.6 is 0 Å². The molecule has 0 aliphatic carbocycles. The zero-order valence-corrected chi connectivity index (χ0v) is 14.6. The fourth-order valence-electron chi connectivity index (χ4n) is 3.37. The van der Waals surface area contributed by atoms with Gasteiger partial charge in [0.15, 0.2) is 0 Å². The van der Waals surface area contributed by atoms with Crippen molar-refractivity contribution in [2.75, 3.05) is 18.1 Å². The van der Waals surface area contributed by atoms with E-state index >= 15 is 0 Å². The van der Waals surface area contributed by atoms with Crippen LogP contribution in [-0.2, 0) is 16.6 Å². The Morgan fingerprint density at radius 3 is 1.97 bits per heavy atom. The van der Waals surface area contributed by atoms with Gasteiger partial charge < -0.3 is 26.4 Å². The van der Waals surface area contributed by atoms with Crippen LogP contribution in [0, 0.1) is 0 Å². The largest absolute Gasteiger partial charge is 0.506 e. The molecule has 1 heterocycles. The van der Waals surface area contributed by atoms with E-state index in [1.165, 1.54) is 0 Å². The van der Waals surface area contributed by atoms with Crippen molar-refractivity contribution in [3.63, 3.8) is 0 Å². The van der Waals surface area contributed by atoms with Gasteiger partial charge in [-0.3, -0.25) is 0 Å². The summed E-state index contributed by atoms with van der Waals surface area (Å²) in [6, 6.07) is 2.82. The highest BCUT2D eigenvalue weighted by molar-refractivity contribution is 5.66. The van der Waals surface area contributed by atoms with Crippen molar-refractivity contribution in [1.29, 1.82) is 0 Å². The molecule has 0 aromatic heterocycles. The molecule has 5 nitrogen and oxygen atoms in total. The molecule has 1 fully saturated rings. The van der Waals surface area contributed by atoms with E-state index in [2.05, 4.69) is 0 Å². The van der Waals surface area contributed by atoms with Crippen LogP contribution in [0.2, 0.25) is 0 Å². The number of nitrogens with two attached hydrogens (primary N) is 2. The van der Waals surface area contributed by atoms with Crippen molar-refractivity contribution in [1.82, 2.24) is 0 Å². The molecule has 1 unspecified atom stereocenters. The molecule has 6 N–H and O–H groups in total. The van der Waals surface area contributed by atoms with Gasteiger partial charge in [-0.2, -0.15) is 26.3 Å². The third-order valence-electron chi connectivity index (χ3n) is 4.88. The first-order chi connectivity index (χ1) is 13.3. The van der Waals surface area contributed by atoms with Crippen LogP contribution in [0.5, 0.6) is 11.5 Å². The minimum atomic E-state index is -5.86. The monoisotopic (exact) mass is 422 g/mol. The van der Waals surface area contributed by atoms with E-state index in [4.69, 9.17) is 16.2 Å². The standard InChI is InChI=1S/C18H16F6N2O3/c19-17(20,21)16(18(22,23)24,8-1-3-13(27)12(25)5-8)11-2-4-14(28)15(26)10(11)6-9-7-29-9/h1-5,9,27-28H,6-7,25-26H2. The molecule has 1 aliphatic rings. The first-order valence-corrected chi connectivity index (χ1v) is 8.25. The predicted molar refractivity (Wildman–Crippen MR) is 91.4 cm³/mol. The summed E-state index contributed by atoms with van der Waals surface area (Å²) in [5.74, 6) is -1.31. The van der Waals surface area contributed by atoms with Crippen LogP contribution in [0.1, 0.15) is 16.7 Å². The molecule has 2 aromatic rings. The zero-order chi connectivity index (χ0) is 21.8. The molecule has 29 heavy (non-hydrogen) atoms. The van der Waals surface area contributed by atoms with Gasteiger partial charge in [-0.25, -0.2) is 0 Å². The van der Waals surface area contributed by atoms with E-state index in [0.717, 1.165) is 0 Å². The molecule has 0 amide bonds. The second kappa shape index (κ2) is 6.61. The molecule has 0 bridgehead atoms. The lowest BCUT2D eigenvalue weighted by molar-refractivity contribution is -0.288. The van der Waals surface area contributed by atoms with Crippen LogP contribution in [0.15, 0.2) is 30.3 Å². The van der Waals surface area contributed by atoms with Crippen molar-refractivity contribution in [2.45, 2.75) is 30.3 Å². The number of anilines is 2. The molecule has 0 spiro atoms. The number of aromatic hydroxyl groups is 2. The molecule has 1 atom stereocenters. The van der Waals surface area contributed by atoms with E-state index in [-0.39, 0.29) is 13.0 Å². The molecule has 0 saturated carbocycles. The number of ether oxygens (including phenoxy) is 1. The number of hydrogen-bond donors (Lipinski definition) is 4. The van der Waals surface area contributed by atoms with Crippen molar-refractivity contribution in [2.24, 2.45) is 0 Å². The Hall–Kier alpha value is -2.82. The number of benzene rings is 2. The maximum Gasteiger partial charge on any atom is 0.411 e. The van der Waals surface area contributed by atoms with E-state index in [1.54, 1.807) is 0 Å². The highest BCUT2D eigenvalue weighted by Crippen LogP contribution is 2.58. The van der Waals surface area contributed by atoms with Crippen LogP contribution in [0.25, 0.3) is 0 Å². The van der Waals surface area contributed by atoms with Gasteiger partial charge in [0.05, 0.1) is 24.1 Å². The maximum absolute atomic E-state index is 14.3. The summed E-state index contributed by atoms with van der Waals surface area (Å²) in [5.41, 5.74) is 2.36. The lowest BCUT2D eigenvalue weighted by Crippen LogP contribution is -2.55. The summed E-state index contributed by atoms with van der Waals surface area (Å²) in [5, 5.41) is 19.3. The van der Waals surface area contributed by atoms with Gasteiger partial charge in [-0.05, 0) is 34.9 Å². The summed E-state index contributed by atoms with van der Waals surface area (Å²) >= 11 is 0. The van der Waals surface area contributed by atoms with Gasteiger partial charge in [0, 0.05) is 6.42 Å². The number of rotatable bonds is 4. The molecule has 3 rings (SSSR count). The van der Waals surface area contributed by atoms with E-state index in [1.807, 2.05) is 0 Å². The summed E-state index contributed by atoms with van der Waals surface area (Å²) in [6.07, 6.45) is -12.7. The number of alkyl halides is 6. The van der Waals surface area contributed by atoms with Gasteiger partial charge in [0.25, 0.3) is 0 Å². The normalized spacial score (nSPS) is 17.4. The van der Waals surface area contributed by atoms with Gasteiger partial charge in [-0.1, -0.05) is 12.1 Å². The second-order valence-corrected chi connectivity index (χ2v) is 6.70. The molecule has 158 valence electrons. The van der Waals surface area contributed by atoms with E-state index in [0.29, 0.717) is 30.3 Å². The SMILES string of the molecule is Nc1cc(C(c2ccc(O)c(N)c2CC2CO2)(C(F)(F)F)C(F)(F)F)ccc1O. The molecule has 1 aliphatic heterocycles. The lowest BCUT2D eigenvalue weighted by atomic mass is 9.70. The van der Waals surface area contributed by atoms with Crippen molar-refractivity contribution in [3.05, 3.63) is 47.0 Å². The van der Waals surface area contributed by atoms with E-state index < -0.39 is 63.4 Å². The maximum atomic E-state index is 14.3. The molecule has 2 aromatic carbocycles. The smallest absolute Gasteiger partial charge is 0.411 e. The summed E-state index contributed by atoms with van der Waals surface area (Å²) in [4.78, 5) is 0. The van der Waals surface area contributed by atoms with Gasteiger partial charge in [0.1, 0.15) is 11.5 Å². The average Bonchev–Trinajstić information content (AvgIpc) is 3.39. The Bertz CT molecular complexity index is 924. The van der Waals surface area contributed by atoms with Crippen LogP contribution in [0.3, 0.4) is 0 Å². The second-order valence-electron chi connectivity index (χ2n) is 6.70. The van der Waals surface area contributed by atoms with Gasteiger partial charge >= 0.3 is 12.4 Å². The first-order valence-electron chi connectivity index (χ1n) is 8.25. The van der Waals surface area contributed by atoms with Crippen molar-refractivity contribution in [3.8, 4) is 11.5 Å². The molecule has 11 heteroatoms. The number of hydrogen-bond acceptors (Lipinski definition) is 5.